The molecule has 0 N–H and O–H groups in total. The molecule has 0 saturated carbocycles. The van der Waals surface area contributed by atoms with Crippen LogP contribution in [0.1, 0.15) is 12.5 Å². The Labute approximate surface area is 196 Å². The van der Waals surface area contributed by atoms with Crippen molar-refractivity contribution in [3.8, 4) is 0 Å². The van der Waals surface area contributed by atoms with Crippen LogP contribution < -0.4 is 4.90 Å². The van der Waals surface area contributed by atoms with E-state index in [4.69, 9.17) is 4.74 Å². The Kier molecular flexibility index (Phi) is 7.92. The first-order valence-electron chi connectivity index (χ1n) is 9.10. The van der Waals surface area contributed by atoms with E-state index in [-0.39, 0.29) is 18.5 Å². The SMILES string of the molecule is CC(CBr)C(=O)OCc1ccc(N(c2ccc(Br)cc2)c2ccc(Br)cc2)cc1. The van der Waals surface area contributed by atoms with Crippen molar-refractivity contribution in [3.05, 3.63) is 87.3 Å². The van der Waals surface area contributed by atoms with Gasteiger partial charge in [0.15, 0.2) is 0 Å². The summed E-state index contributed by atoms with van der Waals surface area (Å²) in [4.78, 5) is 14.1. The highest BCUT2D eigenvalue weighted by Gasteiger charge is 2.14. The average molecular weight is 582 g/mol. The normalized spacial score (nSPS) is 11.7. The summed E-state index contributed by atoms with van der Waals surface area (Å²) in [6.45, 7) is 2.11. The minimum Gasteiger partial charge on any atom is -0.461 e. The average Bonchev–Trinajstić information content (AvgIpc) is 2.75. The third kappa shape index (κ3) is 5.93. The Morgan fingerprint density at radius 2 is 1.24 bits per heavy atom. The number of carbonyl (C=O) groups is 1. The van der Waals surface area contributed by atoms with Crippen LogP contribution in [0.25, 0.3) is 0 Å². The molecule has 0 aromatic heterocycles. The summed E-state index contributed by atoms with van der Waals surface area (Å²) < 4.78 is 7.45. The van der Waals surface area contributed by atoms with E-state index in [1.807, 2.05) is 55.5 Å². The molecule has 6 heteroatoms. The lowest BCUT2D eigenvalue weighted by Crippen LogP contribution is -2.15. The predicted octanol–water partition coefficient (Wildman–Crippen LogP) is 7.76. The smallest absolute Gasteiger partial charge is 0.309 e. The molecule has 150 valence electrons. The van der Waals surface area contributed by atoms with Crippen molar-refractivity contribution in [2.24, 2.45) is 5.92 Å². The predicted molar refractivity (Wildman–Crippen MR) is 129 cm³/mol. The van der Waals surface area contributed by atoms with Crippen molar-refractivity contribution < 1.29 is 9.53 Å². The Balaban J connectivity index is 1.85. The van der Waals surface area contributed by atoms with E-state index in [2.05, 4.69) is 77.0 Å². The third-order valence-electron chi connectivity index (χ3n) is 4.38. The quantitative estimate of drug-likeness (QED) is 0.211. The molecule has 0 radical (unpaired) electrons. The summed E-state index contributed by atoms with van der Waals surface area (Å²) >= 11 is 10.3. The summed E-state index contributed by atoms with van der Waals surface area (Å²) in [6, 6.07) is 24.5. The van der Waals surface area contributed by atoms with Gasteiger partial charge in [-0.15, -0.1) is 0 Å². The van der Waals surface area contributed by atoms with Gasteiger partial charge < -0.3 is 9.64 Å². The van der Waals surface area contributed by atoms with E-state index in [1.165, 1.54) is 0 Å². The number of benzene rings is 3. The Bertz CT molecular complexity index is 896. The highest BCUT2D eigenvalue weighted by molar-refractivity contribution is 9.10. The zero-order valence-electron chi connectivity index (χ0n) is 15.8. The number of carbonyl (C=O) groups excluding carboxylic acids is 1. The standard InChI is InChI=1S/C23H20Br3NO2/c1-16(14-24)23(28)29-15-17-2-8-20(9-3-17)27(21-10-4-18(25)5-11-21)22-12-6-19(26)7-13-22/h2-13,16H,14-15H2,1H3. The van der Waals surface area contributed by atoms with Crippen molar-refractivity contribution in [2.45, 2.75) is 13.5 Å². The van der Waals surface area contributed by atoms with Gasteiger partial charge in [0.2, 0.25) is 0 Å². The highest BCUT2D eigenvalue weighted by atomic mass is 79.9. The third-order valence-corrected chi connectivity index (χ3v) is 6.41. The maximum atomic E-state index is 11.9. The second-order valence-corrected chi connectivity index (χ2v) is 9.10. The number of anilines is 3. The fourth-order valence-corrected chi connectivity index (χ4v) is 3.52. The van der Waals surface area contributed by atoms with Gasteiger partial charge in [-0.2, -0.15) is 0 Å². The number of hydrogen-bond donors (Lipinski definition) is 0. The van der Waals surface area contributed by atoms with Crippen LogP contribution in [-0.4, -0.2) is 11.3 Å². The molecule has 0 amide bonds. The van der Waals surface area contributed by atoms with Crippen LogP contribution >= 0.6 is 47.8 Å². The van der Waals surface area contributed by atoms with Crippen LogP contribution in [0.3, 0.4) is 0 Å². The lowest BCUT2D eigenvalue weighted by Gasteiger charge is -2.25. The van der Waals surface area contributed by atoms with Crippen molar-refractivity contribution in [3.63, 3.8) is 0 Å². The zero-order chi connectivity index (χ0) is 20.8. The van der Waals surface area contributed by atoms with Crippen molar-refractivity contribution in [1.82, 2.24) is 0 Å². The van der Waals surface area contributed by atoms with Gasteiger partial charge in [-0.1, -0.05) is 66.8 Å². The van der Waals surface area contributed by atoms with Crippen LogP contribution in [0.15, 0.2) is 81.7 Å². The first-order chi connectivity index (χ1) is 14.0. The first-order valence-corrected chi connectivity index (χ1v) is 11.8. The molecule has 1 unspecified atom stereocenters. The van der Waals surface area contributed by atoms with Crippen LogP contribution in [0, 0.1) is 5.92 Å². The van der Waals surface area contributed by atoms with Gasteiger partial charge in [-0.25, -0.2) is 0 Å². The number of hydrogen-bond acceptors (Lipinski definition) is 3. The molecule has 0 spiro atoms. The number of rotatable bonds is 7. The molecule has 0 aliphatic carbocycles. The summed E-state index contributed by atoms with van der Waals surface area (Å²) in [5.41, 5.74) is 4.09. The number of halogens is 3. The molecule has 0 aliphatic heterocycles. The van der Waals surface area contributed by atoms with E-state index in [9.17, 15) is 4.79 Å². The molecule has 1 atom stereocenters. The number of ether oxygens (including phenoxy) is 1. The lowest BCUT2D eigenvalue weighted by molar-refractivity contribution is -0.148. The molecule has 29 heavy (non-hydrogen) atoms. The maximum Gasteiger partial charge on any atom is 0.309 e. The Morgan fingerprint density at radius 1 is 0.828 bits per heavy atom. The van der Waals surface area contributed by atoms with Gasteiger partial charge >= 0.3 is 5.97 Å². The maximum absolute atomic E-state index is 11.9. The van der Waals surface area contributed by atoms with Gasteiger partial charge in [0.05, 0.1) is 5.92 Å². The van der Waals surface area contributed by atoms with Crippen LogP contribution in [-0.2, 0) is 16.1 Å². The Hall–Kier alpha value is -1.63. The Morgan fingerprint density at radius 3 is 1.66 bits per heavy atom. The molecule has 3 nitrogen and oxygen atoms in total. The molecular formula is C23H20Br3NO2. The molecule has 0 saturated heterocycles. The topological polar surface area (TPSA) is 29.5 Å². The van der Waals surface area contributed by atoms with E-state index in [0.717, 1.165) is 31.6 Å². The van der Waals surface area contributed by atoms with Crippen LogP contribution in [0.2, 0.25) is 0 Å². The monoisotopic (exact) mass is 579 g/mol. The number of alkyl halides is 1. The number of nitrogens with zero attached hydrogens (tertiary/aromatic N) is 1. The van der Waals surface area contributed by atoms with Crippen molar-refractivity contribution in [2.75, 3.05) is 10.2 Å². The molecule has 0 fully saturated rings. The van der Waals surface area contributed by atoms with Crippen LogP contribution in [0.4, 0.5) is 17.1 Å². The fraction of sp³-hybridized carbons (Fsp3) is 0.174. The number of esters is 1. The summed E-state index contributed by atoms with van der Waals surface area (Å²) in [5, 5.41) is 0.597. The van der Waals surface area contributed by atoms with Gasteiger partial charge in [-0.3, -0.25) is 4.79 Å². The highest BCUT2D eigenvalue weighted by Crippen LogP contribution is 2.35. The van der Waals surface area contributed by atoms with Gasteiger partial charge in [0.25, 0.3) is 0 Å². The minimum absolute atomic E-state index is 0.153. The molecule has 0 bridgehead atoms. The van der Waals surface area contributed by atoms with Gasteiger partial charge in [0.1, 0.15) is 6.61 Å². The first kappa shape index (κ1) is 22.1. The second kappa shape index (κ2) is 10.4. The molecular weight excluding hydrogens is 562 g/mol. The molecule has 0 heterocycles. The van der Waals surface area contributed by atoms with Gasteiger partial charge in [-0.05, 0) is 66.2 Å². The van der Waals surface area contributed by atoms with Crippen LogP contribution in [0.5, 0.6) is 0 Å². The summed E-state index contributed by atoms with van der Waals surface area (Å²) in [7, 11) is 0. The largest absolute Gasteiger partial charge is 0.461 e. The molecule has 0 aliphatic rings. The lowest BCUT2D eigenvalue weighted by atomic mass is 10.1. The summed E-state index contributed by atoms with van der Waals surface area (Å²) in [6.07, 6.45) is 0. The molecule has 3 aromatic carbocycles. The van der Waals surface area contributed by atoms with Crippen molar-refractivity contribution in [1.29, 1.82) is 0 Å². The van der Waals surface area contributed by atoms with Gasteiger partial charge in [0, 0.05) is 31.3 Å². The van der Waals surface area contributed by atoms with E-state index in [1.54, 1.807) is 0 Å². The van der Waals surface area contributed by atoms with Crippen molar-refractivity contribution >= 4 is 70.8 Å². The van der Waals surface area contributed by atoms with E-state index in [0.29, 0.717) is 5.33 Å². The zero-order valence-corrected chi connectivity index (χ0v) is 20.6. The minimum atomic E-state index is -0.197. The molecule has 3 aromatic rings. The second-order valence-electron chi connectivity index (χ2n) is 6.62. The molecule has 3 rings (SSSR count). The van der Waals surface area contributed by atoms with E-state index >= 15 is 0 Å². The van der Waals surface area contributed by atoms with E-state index < -0.39 is 0 Å². The fourth-order valence-electron chi connectivity index (χ4n) is 2.73. The summed E-state index contributed by atoms with van der Waals surface area (Å²) in [5.74, 6) is -0.350.